The lowest BCUT2D eigenvalue weighted by atomic mass is 10.1. The Morgan fingerprint density at radius 2 is 1.78 bits per heavy atom. The summed E-state index contributed by atoms with van der Waals surface area (Å²) in [6, 6.07) is 12.8. The summed E-state index contributed by atoms with van der Waals surface area (Å²) in [5, 5.41) is 18.8. The highest BCUT2D eigenvalue weighted by molar-refractivity contribution is 5.96. The maximum absolute atomic E-state index is 12.8. The second kappa shape index (κ2) is 9.95. The number of hydrogen-bond acceptors (Lipinski definition) is 6. The van der Waals surface area contributed by atoms with Gasteiger partial charge in [-0.15, -0.1) is 0 Å². The number of carbonyl (C=O) groups is 1. The molecule has 1 heterocycles. The molecule has 1 amide bonds. The zero-order valence-electron chi connectivity index (χ0n) is 18.5. The molecule has 1 N–H and O–H groups in total. The Morgan fingerprint density at radius 1 is 1.12 bits per heavy atom. The maximum Gasteiger partial charge on any atom is 0.276 e. The van der Waals surface area contributed by atoms with E-state index in [1.165, 1.54) is 20.3 Å². The number of aryl methyl sites for hydroxylation is 1. The summed E-state index contributed by atoms with van der Waals surface area (Å²) in [4.78, 5) is 23.8. The van der Waals surface area contributed by atoms with Gasteiger partial charge in [0.2, 0.25) is 0 Å². The van der Waals surface area contributed by atoms with Crippen molar-refractivity contribution >= 4 is 11.6 Å². The Bertz CT molecular complexity index is 1130. The molecule has 0 atom stereocenters. The van der Waals surface area contributed by atoms with E-state index in [-0.39, 0.29) is 30.3 Å². The summed E-state index contributed by atoms with van der Waals surface area (Å²) in [6.45, 7) is 4.44. The van der Waals surface area contributed by atoms with Crippen molar-refractivity contribution in [3.63, 3.8) is 0 Å². The molecule has 0 radical (unpaired) electrons. The van der Waals surface area contributed by atoms with Crippen LogP contribution in [0.3, 0.4) is 0 Å². The normalized spacial score (nSPS) is 10.6. The van der Waals surface area contributed by atoms with Crippen LogP contribution in [0.1, 0.15) is 32.9 Å². The quantitative estimate of drug-likeness (QED) is 0.405. The van der Waals surface area contributed by atoms with Crippen LogP contribution in [0.15, 0.2) is 42.5 Å². The number of nitro groups is 1. The Kier molecular flexibility index (Phi) is 7.09. The lowest BCUT2D eigenvalue weighted by Gasteiger charge is -2.11. The Labute approximate surface area is 186 Å². The minimum absolute atomic E-state index is 0.0834. The molecule has 1 aromatic heterocycles. The summed E-state index contributed by atoms with van der Waals surface area (Å²) in [5.74, 6) is 0.416. The predicted octanol–water partition coefficient (Wildman–Crippen LogP) is 3.45. The molecule has 3 aromatic rings. The minimum Gasteiger partial charge on any atom is -0.493 e. The fourth-order valence-electron chi connectivity index (χ4n) is 3.62. The topological polar surface area (TPSA) is 109 Å². The van der Waals surface area contributed by atoms with Gasteiger partial charge in [0.05, 0.1) is 43.0 Å². The molecule has 168 valence electrons. The van der Waals surface area contributed by atoms with Crippen molar-refractivity contribution in [2.45, 2.75) is 26.8 Å². The number of rotatable bonds is 9. The molecule has 0 spiro atoms. The zero-order valence-corrected chi connectivity index (χ0v) is 18.5. The highest BCUT2D eigenvalue weighted by atomic mass is 16.6. The number of hydrogen-bond donors (Lipinski definition) is 1. The Morgan fingerprint density at radius 3 is 2.41 bits per heavy atom. The molecule has 9 heteroatoms. The number of aromatic nitrogens is 2. The molecule has 0 saturated heterocycles. The number of methoxy groups -OCH3 is 2. The van der Waals surface area contributed by atoms with E-state index in [1.807, 2.05) is 37.3 Å². The summed E-state index contributed by atoms with van der Waals surface area (Å²) >= 11 is 0. The van der Waals surface area contributed by atoms with Crippen LogP contribution in [0.4, 0.5) is 5.69 Å². The van der Waals surface area contributed by atoms with Crippen LogP contribution < -0.4 is 14.8 Å². The molecule has 2 aromatic carbocycles. The largest absolute Gasteiger partial charge is 0.493 e. The molecule has 0 unspecified atom stereocenters. The molecule has 9 nitrogen and oxygen atoms in total. The van der Waals surface area contributed by atoms with E-state index in [0.717, 1.165) is 11.3 Å². The molecular weight excluding hydrogens is 412 g/mol. The van der Waals surface area contributed by atoms with Crippen LogP contribution in [-0.4, -0.2) is 41.4 Å². The average Bonchev–Trinajstić information content (AvgIpc) is 3.06. The van der Waals surface area contributed by atoms with Gasteiger partial charge < -0.3 is 14.8 Å². The van der Waals surface area contributed by atoms with E-state index in [4.69, 9.17) is 9.47 Å². The first-order valence-corrected chi connectivity index (χ1v) is 10.1. The van der Waals surface area contributed by atoms with E-state index in [9.17, 15) is 14.9 Å². The highest BCUT2D eigenvalue weighted by Crippen LogP contribution is 2.34. The lowest BCUT2D eigenvalue weighted by Crippen LogP contribution is -2.27. The van der Waals surface area contributed by atoms with Crippen LogP contribution in [0, 0.1) is 24.0 Å². The maximum atomic E-state index is 12.8. The molecule has 0 bridgehead atoms. The lowest BCUT2D eigenvalue weighted by molar-refractivity contribution is -0.385. The highest BCUT2D eigenvalue weighted by Gasteiger charge is 2.21. The second-order valence-corrected chi connectivity index (χ2v) is 7.29. The average molecular weight is 438 g/mol. The minimum atomic E-state index is -0.471. The number of nitrogens with zero attached hydrogens (tertiary/aromatic N) is 3. The summed E-state index contributed by atoms with van der Waals surface area (Å²) in [5.41, 5.74) is 3.36. The third kappa shape index (κ3) is 4.88. The van der Waals surface area contributed by atoms with Crippen molar-refractivity contribution in [2.75, 3.05) is 20.8 Å². The van der Waals surface area contributed by atoms with Crippen LogP contribution in [0.2, 0.25) is 0 Å². The monoisotopic (exact) mass is 438 g/mol. The van der Waals surface area contributed by atoms with Crippen LogP contribution in [0.25, 0.3) is 0 Å². The molecule has 0 aliphatic rings. The van der Waals surface area contributed by atoms with Gasteiger partial charge in [-0.3, -0.25) is 19.6 Å². The molecule has 0 aliphatic carbocycles. The fraction of sp³-hybridized carbons (Fsp3) is 0.304. The van der Waals surface area contributed by atoms with E-state index in [2.05, 4.69) is 10.4 Å². The van der Waals surface area contributed by atoms with Gasteiger partial charge in [0.15, 0.2) is 11.5 Å². The van der Waals surface area contributed by atoms with Gasteiger partial charge in [-0.1, -0.05) is 30.3 Å². The predicted molar refractivity (Wildman–Crippen MR) is 119 cm³/mol. The first-order valence-electron chi connectivity index (χ1n) is 10.1. The molecule has 0 fully saturated rings. The molecule has 0 saturated carbocycles. The first-order chi connectivity index (χ1) is 15.3. The van der Waals surface area contributed by atoms with Gasteiger partial charge in [-0.05, 0) is 31.9 Å². The number of nitro benzene ring substituents is 1. The first kappa shape index (κ1) is 22.8. The van der Waals surface area contributed by atoms with Crippen molar-refractivity contribution in [3.8, 4) is 11.5 Å². The zero-order chi connectivity index (χ0) is 23.3. The van der Waals surface area contributed by atoms with Gasteiger partial charge in [-0.2, -0.15) is 5.10 Å². The summed E-state index contributed by atoms with van der Waals surface area (Å²) < 4.78 is 12.2. The van der Waals surface area contributed by atoms with Crippen LogP contribution in [-0.2, 0) is 13.0 Å². The van der Waals surface area contributed by atoms with Crippen molar-refractivity contribution in [2.24, 2.45) is 0 Å². The molecule has 3 rings (SSSR count). The summed E-state index contributed by atoms with van der Waals surface area (Å²) in [7, 11) is 2.89. The number of ether oxygens (including phenoxy) is 2. The van der Waals surface area contributed by atoms with Gasteiger partial charge in [-0.25, -0.2) is 0 Å². The Hall–Kier alpha value is -3.88. The van der Waals surface area contributed by atoms with Crippen LogP contribution in [0.5, 0.6) is 11.5 Å². The number of benzene rings is 2. The van der Waals surface area contributed by atoms with Crippen molar-refractivity contribution in [1.82, 2.24) is 15.1 Å². The van der Waals surface area contributed by atoms with E-state index in [1.54, 1.807) is 17.7 Å². The van der Waals surface area contributed by atoms with Gasteiger partial charge in [0.1, 0.15) is 0 Å². The number of amides is 1. The standard InChI is InChI=1S/C23H26N4O5/c1-15-22(16(2)26(25-15)14-17-8-6-5-7-9-17)23(28)24-11-10-18-12-20(31-3)21(32-4)13-19(18)27(29)30/h5-9,12-13H,10-11,14H2,1-4H3,(H,24,28). The van der Waals surface area contributed by atoms with Crippen molar-refractivity contribution < 1.29 is 19.2 Å². The fourth-order valence-corrected chi connectivity index (χ4v) is 3.62. The second-order valence-electron chi connectivity index (χ2n) is 7.29. The number of nitrogens with one attached hydrogen (secondary N) is 1. The van der Waals surface area contributed by atoms with Crippen molar-refractivity contribution in [1.29, 1.82) is 0 Å². The van der Waals surface area contributed by atoms with Crippen LogP contribution >= 0.6 is 0 Å². The molecular formula is C23H26N4O5. The smallest absolute Gasteiger partial charge is 0.276 e. The van der Waals surface area contributed by atoms with Gasteiger partial charge in [0, 0.05) is 17.8 Å². The van der Waals surface area contributed by atoms with E-state index in [0.29, 0.717) is 29.1 Å². The summed E-state index contributed by atoms with van der Waals surface area (Å²) in [6.07, 6.45) is 0.263. The van der Waals surface area contributed by atoms with Crippen molar-refractivity contribution in [3.05, 3.63) is 80.7 Å². The SMILES string of the molecule is COc1cc(CCNC(=O)c2c(C)nn(Cc3ccccc3)c2C)c([N+](=O)[O-])cc1OC. The van der Waals surface area contributed by atoms with E-state index < -0.39 is 4.92 Å². The third-order valence-electron chi connectivity index (χ3n) is 5.25. The van der Waals surface area contributed by atoms with Gasteiger partial charge >= 0.3 is 0 Å². The number of carbonyl (C=O) groups excluding carboxylic acids is 1. The third-order valence-corrected chi connectivity index (χ3v) is 5.25. The van der Waals surface area contributed by atoms with E-state index >= 15 is 0 Å². The Balaban J connectivity index is 1.72. The molecule has 32 heavy (non-hydrogen) atoms. The van der Waals surface area contributed by atoms with Gasteiger partial charge in [0.25, 0.3) is 11.6 Å². The molecule has 0 aliphatic heterocycles.